The van der Waals surface area contributed by atoms with E-state index >= 15 is 0 Å². The molecule has 1 aromatic carbocycles. The third-order valence-corrected chi connectivity index (χ3v) is 5.75. The summed E-state index contributed by atoms with van der Waals surface area (Å²) in [5.41, 5.74) is 2.70. The Morgan fingerprint density at radius 1 is 1.19 bits per heavy atom. The number of hydrogen-bond donors (Lipinski definition) is 3. The van der Waals surface area contributed by atoms with Gasteiger partial charge >= 0.3 is 0 Å². The van der Waals surface area contributed by atoms with E-state index in [1.807, 2.05) is 18.2 Å². The van der Waals surface area contributed by atoms with Crippen LogP contribution >= 0.6 is 0 Å². The van der Waals surface area contributed by atoms with Crippen LogP contribution in [0.2, 0.25) is 0 Å². The highest BCUT2D eigenvalue weighted by Crippen LogP contribution is 2.28. The molecule has 2 saturated heterocycles. The summed E-state index contributed by atoms with van der Waals surface area (Å²) < 4.78 is 0. The Morgan fingerprint density at radius 3 is 2.85 bits per heavy atom. The molecule has 3 amide bonds. The zero-order valence-electron chi connectivity index (χ0n) is 15.4. The molecule has 7 heteroatoms. The second-order valence-electron chi connectivity index (χ2n) is 7.65. The number of amides is 3. The minimum absolute atomic E-state index is 0.114. The lowest BCUT2D eigenvalue weighted by molar-refractivity contribution is -0.136. The number of fused-ring (bicyclic) bond motifs is 1. The summed E-state index contributed by atoms with van der Waals surface area (Å²) >= 11 is 0. The van der Waals surface area contributed by atoms with Crippen LogP contribution in [-0.2, 0) is 22.7 Å². The maximum absolute atomic E-state index is 12.8. The molecule has 3 N–H and O–H groups in total. The van der Waals surface area contributed by atoms with Crippen LogP contribution < -0.4 is 16.0 Å². The first-order valence-corrected chi connectivity index (χ1v) is 9.82. The van der Waals surface area contributed by atoms with Crippen LogP contribution in [0.1, 0.15) is 53.6 Å². The second-order valence-corrected chi connectivity index (χ2v) is 7.65. The Balaban J connectivity index is 1.35. The van der Waals surface area contributed by atoms with Gasteiger partial charge in [0.2, 0.25) is 11.8 Å². The molecular formula is C20H26N4O3. The molecule has 1 aromatic rings. The molecule has 0 aromatic heterocycles. The third-order valence-electron chi connectivity index (χ3n) is 5.75. The van der Waals surface area contributed by atoms with Crippen LogP contribution in [0.3, 0.4) is 0 Å². The first-order chi connectivity index (χ1) is 13.1. The van der Waals surface area contributed by atoms with Gasteiger partial charge in [-0.3, -0.25) is 19.7 Å². The lowest BCUT2D eigenvalue weighted by Gasteiger charge is -2.29. The minimum atomic E-state index is -0.553. The molecule has 0 bridgehead atoms. The van der Waals surface area contributed by atoms with E-state index in [9.17, 15) is 14.4 Å². The Kier molecular flexibility index (Phi) is 5.22. The molecule has 3 aliphatic rings. The number of piperidine rings is 1. The van der Waals surface area contributed by atoms with Crippen LogP contribution in [-0.4, -0.2) is 47.8 Å². The van der Waals surface area contributed by atoms with E-state index in [2.05, 4.69) is 16.0 Å². The molecular weight excluding hydrogens is 344 g/mol. The fourth-order valence-electron chi connectivity index (χ4n) is 4.22. The van der Waals surface area contributed by atoms with Gasteiger partial charge in [0, 0.05) is 31.1 Å². The quantitative estimate of drug-likeness (QED) is 0.506. The maximum atomic E-state index is 12.8. The molecule has 1 unspecified atom stereocenters. The summed E-state index contributed by atoms with van der Waals surface area (Å²) in [6.07, 6.45) is 4.31. The lowest BCUT2D eigenvalue weighted by atomic mass is 10.0. The molecule has 3 heterocycles. The van der Waals surface area contributed by atoms with Crippen molar-refractivity contribution in [3.05, 3.63) is 34.9 Å². The summed E-state index contributed by atoms with van der Waals surface area (Å²) in [5, 5.41) is 9.28. The first kappa shape index (κ1) is 18.1. The van der Waals surface area contributed by atoms with Gasteiger partial charge in [-0.05, 0) is 56.0 Å². The Labute approximate surface area is 158 Å². The van der Waals surface area contributed by atoms with Gasteiger partial charge in [-0.1, -0.05) is 12.1 Å². The van der Waals surface area contributed by atoms with E-state index in [1.165, 1.54) is 12.8 Å². The molecule has 3 aliphatic heterocycles. The maximum Gasteiger partial charge on any atom is 0.255 e. The smallest absolute Gasteiger partial charge is 0.255 e. The summed E-state index contributed by atoms with van der Waals surface area (Å²) in [5.74, 6) is -0.743. The predicted molar refractivity (Wildman–Crippen MR) is 99.8 cm³/mol. The van der Waals surface area contributed by atoms with E-state index in [1.54, 1.807) is 4.90 Å². The van der Waals surface area contributed by atoms with Crippen LogP contribution in [0, 0.1) is 0 Å². The molecule has 27 heavy (non-hydrogen) atoms. The highest BCUT2D eigenvalue weighted by Gasteiger charge is 2.39. The van der Waals surface area contributed by atoms with E-state index in [0.717, 1.165) is 37.2 Å². The van der Waals surface area contributed by atoms with Gasteiger partial charge in [0.15, 0.2) is 0 Å². The van der Waals surface area contributed by atoms with Crippen molar-refractivity contribution >= 4 is 17.7 Å². The molecule has 0 saturated carbocycles. The Bertz CT molecular complexity index is 758. The second kappa shape index (κ2) is 7.78. The highest BCUT2D eigenvalue weighted by atomic mass is 16.2. The summed E-state index contributed by atoms with van der Waals surface area (Å²) in [6, 6.07) is 6.03. The number of nitrogens with zero attached hydrogens (tertiary/aromatic N) is 1. The molecule has 2 fully saturated rings. The van der Waals surface area contributed by atoms with E-state index < -0.39 is 6.04 Å². The van der Waals surface area contributed by atoms with Crippen LogP contribution in [0.15, 0.2) is 18.2 Å². The Morgan fingerprint density at radius 2 is 2.07 bits per heavy atom. The van der Waals surface area contributed by atoms with Crippen molar-refractivity contribution < 1.29 is 14.4 Å². The average molecular weight is 370 g/mol. The van der Waals surface area contributed by atoms with Crippen LogP contribution in [0.5, 0.6) is 0 Å². The monoisotopic (exact) mass is 370 g/mol. The number of hydrogen-bond acceptors (Lipinski definition) is 5. The number of carbonyl (C=O) groups excluding carboxylic acids is 3. The fraction of sp³-hybridized carbons (Fsp3) is 0.550. The predicted octanol–water partition coefficient (Wildman–Crippen LogP) is 0.679. The summed E-state index contributed by atoms with van der Waals surface area (Å²) in [7, 11) is 0. The zero-order valence-corrected chi connectivity index (χ0v) is 15.4. The van der Waals surface area contributed by atoms with Crippen LogP contribution in [0.25, 0.3) is 0 Å². The summed E-state index contributed by atoms with van der Waals surface area (Å²) in [6.45, 7) is 3.24. The molecule has 0 aliphatic carbocycles. The van der Waals surface area contributed by atoms with Gasteiger partial charge in [-0.15, -0.1) is 0 Å². The first-order valence-electron chi connectivity index (χ1n) is 9.82. The van der Waals surface area contributed by atoms with Crippen molar-refractivity contribution in [2.75, 3.05) is 13.1 Å². The van der Waals surface area contributed by atoms with E-state index in [0.29, 0.717) is 24.6 Å². The highest BCUT2D eigenvalue weighted by molar-refractivity contribution is 6.05. The number of carbonyl (C=O) groups is 3. The van der Waals surface area contributed by atoms with E-state index in [4.69, 9.17) is 0 Å². The molecule has 7 nitrogen and oxygen atoms in total. The fourth-order valence-corrected chi connectivity index (χ4v) is 4.22. The van der Waals surface area contributed by atoms with E-state index in [-0.39, 0.29) is 24.1 Å². The van der Waals surface area contributed by atoms with Gasteiger partial charge in [0.05, 0.1) is 0 Å². The lowest BCUT2D eigenvalue weighted by Crippen LogP contribution is -2.52. The normalized spacial score (nSPS) is 25.0. The van der Waals surface area contributed by atoms with Gasteiger partial charge in [-0.2, -0.15) is 0 Å². The molecule has 2 atom stereocenters. The zero-order chi connectivity index (χ0) is 18.8. The molecule has 144 valence electrons. The SMILES string of the molecule is O=C1CCC(N2Cc3ccc(CNCC[C@@H]4CCCN4)cc3C2=O)C(=O)N1. The number of rotatable bonds is 6. The average Bonchev–Trinajstić information content (AvgIpc) is 3.28. The van der Waals surface area contributed by atoms with Gasteiger partial charge in [-0.25, -0.2) is 0 Å². The van der Waals surface area contributed by atoms with Gasteiger partial charge in [0.1, 0.15) is 6.04 Å². The minimum Gasteiger partial charge on any atom is -0.322 e. The number of nitrogens with one attached hydrogen (secondary N) is 3. The number of imide groups is 1. The van der Waals surface area contributed by atoms with Crippen LogP contribution in [0.4, 0.5) is 0 Å². The number of benzene rings is 1. The molecule has 0 spiro atoms. The van der Waals surface area contributed by atoms with Gasteiger partial charge < -0.3 is 15.5 Å². The van der Waals surface area contributed by atoms with Crippen molar-refractivity contribution in [1.82, 2.24) is 20.9 Å². The standard InChI is InChI=1S/C20H26N4O3/c25-18-6-5-17(19(26)23-18)24-12-14-4-3-13(10-16(14)20(24)27)11-21-9-7-15-2-1-8-22-15/h3-4,10,15,17,21-22H,1-2,5-9,11-12H2,(H,23,25,26)/t15-,17?/m0/s1. The topological polar surface area (TPSA) is 90.5 Å². The van der Waals surface area contributed by atoms with Crippen molar-refractivity contribution in [2.24, 2.45) is 0 Å². The summed E-state index contributed by atoms with van der Waals surface area (Å²) in [4.78, 5) is 37.8. The Hall–Kier alpha value is -2.25. The molecule has 4 rings (SSSR count). The van der Waals surface area contributed by atoms with Crippen molar-refractivity contribution in [3.63, 3.8) is 0 Å². The van der Waals surface area contributed by atoms with Crippen molar-refractivity contribution in [2.45, 2.75) is 57.3 Å². The van der Waals surface area contributed by atoms with Crippen molar-refractivity contribution in [3.8, 4) is 0 Å². The van der Waals surface area contributed by atoms with Gasteiger partial charge in [0.25, 0.3) is 5.91 Å². The molecule has 0 radical (unpaired) electrons. The largest absolute Gasteiger partial charge is 0.322 e. The third kappa shape index (κ3) is 3.89. The van der Waals surface area contributed by atoms with Crippen molar-refractivity contribution in [1.29, 1.82) is 0 Å².